The van der Waals surface area contributed by atoms with Crippen LogP contribution in [0, 0.1) is 0 Å². The van der Waals surface area contributed by atoms with Gasteiger partial charge in [-0.1, -0.05) is 18.2 Å². The largest absolute Gasteiger partial charge is 0.345 e. The molecule has 0 fully saturated rings. The number of amides is 1. The summed E-state index contributed by atoms with van der Waals surface area (Å²) in [4.78, 5) is 14.8. The van der Waals surface area contributed by atoms with Crippen molar-refractivity contribution in [1.29, 1.82) is 0 Å². The Morgan fingerprint density at radius 2 is 2.00 bits per heavy atom. The maximum absolute atomic E-state index is 13.0. The highest BCUT2D eigenvalue weighted by molar-refractivity contribution is 7.89. The summed E-state index contributed by atoms with van der Waals surface area (Å²) in [6.07, 6.45) is 2.25. The molecule has 0 radical (unpaired) electrons. The number of sulfonamides is 1. The van der Waals surface area contributed by atoms with Crippen LogP contribution in [0.4, 0.5) is 5.69 Å². The molecule has 1 aromatic heterocycles. The van der Waals surface area contributed by atoms with Gasteiger partial charge in [0.15, 0.2) is 0 Å². The van der Waals surface area contributed by atoms with E-state index in [2.05, 4.69) is 4.72 Å². The molecule has 0 aliphatic carbocycles. The average Bonchev–Trinajstić information content (AvgIpc) is 3.06. The number of rotatable bonds is 3. The lowest BCUT2D eigenvalue weighted by atomic mass is 10.1. The second-order valence-corrected chi connectivity index (χ2v) is 7.62. The van der Waals surface area contributed by atoms with Crippen molar-refractivity contribution in [2.24, 2.45) is 7.05 Å². The van der Waals surface area contributed by atoms with Crippen LogP contribution in [0.2, 0.25) is 0 Å². The molecule has 1 aromatic carbocycles. The smallest absolute Gasteiger partial charge is 0.275 e. The molecule has 0 bridgehead atoms. The molecule has 122 valence electrons. The Kier molecular flexibility index (Phi) is 3.77. The zero-order valence-electron chi connectivity index (χ0n) is 13.3. The molecule has 1 aliphatic heterocycles. The highest BCUT2D eigenvalue weighted by Gasteiger charge is 2.33. The molecular weight excluding hydrogens is 314 g/mol. The third-order valence-corrected chi connectivity index (χ3v) is 5.59. The van der Waals surface area contributed by atoms with E-state index in [4.69, 9.17) is 0 Å². The van der Waals surface area contributed by atoms with Crippen molar-refractivity contribution < 1.29 is 13.2 Å². The summed E-state index contributed by atoms with van der Waals surface area (Å²) < 4.78 is 27.7. The van der Waals surface area contributed by atoms with Crippen molar-refractivity contribution in [3.8, 4) is 0 Å². The van der Waals surface area contributed by atoms with Gasteiger partial charge in [-0.05, 0) is 38.1 Å². The summed E-state index contributed by atoms with van der Waals surface area (Å²) in [5, 5.41) is 0. The van der Waals surface area contributed by atoms with Gasteiger partial charge in [-0.2, -0.15) is 0 Å². The number of anilines is 1. The number of carbonyl (C=O) groups excluding carboxylic acids is 1. The van der Waals surface area contributed by atoms with Crippen LogP contribution in [0.1, 0.15) is 23.0 Å². The van der Waals surface area contributed by atoms with E-state index >= 15 is 0 Å². The molecule has 1 N–H and O–H groups in total. The van der Waals surface area contributed by atoms with E-state index in [-0.39, 0.29) is 16.8 Å². The van der Waals surface area contributed by atoms with E-state index in [0.717, 1.165) is 17.7 Å². The number of benzene rings is 1. The summed E-state index contributed by atoms with van der Waals surface area (Å²) in [6, 6.07) is 9.26. The molecule has 0 saturated carbocycles. The molecule has 6 nitrogen and oxygen atoms in total. The SMILES string of the molecule is CNS(=O)(=O)c1cc(C(=O)N2c3ccccc3CC2C)n(C)c1. The van der Waals surface area contributed by atoms with Gasteiger partial charge in [0.05, 0.1) is 0 Å². The van der Waals surface area contributed by atoms with Crippen LogP contribution in [0.15, 0.2) is 41.4 Å². The van der Waals surface area contributed by atoms with Crippen molar-refractivity contribution in [2.45, 2.75) is 24.3 Å². The number of carbonyl (C=O) groups is 1. The van der Waals surface area contributed by atoms with Gasteiger partial charge in [-0.25, -0.2) is 13.1 Å². The van der Waals surface area contributed by atoms with Gasteiger partial charge in [-0.15, -0.1) is 0 Å². The molecule has 1 atom stereocenters. The highest BCUT2D eigenvalue weighted by atomic mass is 32.2. The highest BCUT2D eigenvalue weighted by Crippen LogP contribution is 2.33. The molecule has 23 heavy (non-hydrogen) atoms. The van der Waals surface area contributed by atoms with Crippen molar-refractivity contribution in [2.75, 3.05) is 11.9 Å². The zero-order chi connectivity index (χ0) is 16.8. The number of aryl methyl sites for hydroxylation is 1. The average molecular weight is 333 g/mol. The Hall–Kier alpha value is -2.12. The topological polar surface area (TPSA) is 71.4 Å². The van der Waals surface area contributed by atoms with Crippen LogP contribution in [0.25, 0.3) is 0 Å². The summed E-state index contributed by atoms with van der Waals surface area (Å²) in [7, 11) is -0.548. The summed E-state index contributed by atoms with van der Waals surface area (Å²) >= 11 is 0. The second kappa shape index (κ2) is 5.50. The zero-order valence-corrected chi connectivity index (χ0v) is 14.1. The predicted molar refractivity (Wildman–Crippen MR) is 88.1 cm³/mol. The van der Waals surface area contributed by atoms with E-state index in [0.29, 0.717) is 5.69 Å². The first-order chi connectivity index (χ1) is 10.8. The van der Waals surface area contributed by atoms with Gasteiger partial charge in [0.1, 0.15) is 10.6 Å². The Labute approximate surface area is 135 Å². The van der Waals surface area contributed by atoms with Gasteiger partial charge >= 0.3 is 0 Å². The molecule has 1 unspecified atom stereocenters. The monoisotopic (exact) mass is 333 g/mol. The van der Waals surface area contributed by atoms with E-state index < -0.39 is 10.0 Å². The van der Waals surface area contributed by atoms with Gasteiger partial charge in [0.2, 0.25) is 10.0 Å². The number of aromatic nitrogens is 1. The first-order valence-electron chi connectivity index (χ1n) is 7.36. The first-order valence-corrected chi connectivity index (χ1v) is 8.85. The standard InChI is InChI=1S/C16H19N3O3S/c1-11-8-12-6-4-5-7-14(12)19(11)16(20)15-9-13(10-18(15)3)23(21,22)17-2/h4-7,9-11,17H,8H2,1-3H3. The van der Waals surface area contributed by atoms with Crippen LogP contribution in [-0.2, 0) is 23.5 Å². The summed E-state index contributed by atoms with van der Waals surface area (Å²) in [6.45, 7) is 1.99. The fourth-order valence-electron chi connectivity index (χ4n) is 3.01. The third-order valence-electron chi connectivity index (χ3n) is 4.20. The maximum Gasteiger partial charge on any atom is 0.275 e. The minimum absolute atomic E-state index is 0.0409. The quantitative estimate of drug-likeness (QED) is 0.926. The fraction of sp³-hybridized carbons (Fsp3) is 0.312. The Balaban J connectivity index is 2.02. The van der Waals surface area contributed by atoms with Gasteiger partial charge < -0.3 is 9.47 Å². The van der Waals surface area contributed by atoms with Gasteiger partial charge in [-0.3, -0.25) is 4.79 Å². The van der Waals surface area contributed by atoms with Crippen LogP contribution in [0.5, 0.6) is 0 Å². The number of para-hydroxylation sites is 1. The lowest BCUT2D eigenvalue weighted by Gasteiger charge is -2.22. The normalized spacial score (nSPS) is 17.3. The van der Waals surface area contributed by atoms with E-state index in [1.165, 1.54) is 19.3 Å². The molecule has 0 saturated heterocycles. The summed E-state index contributed by atoms with van der Waals surface area (Å²) in [5.74, 6) is -0.192. The second-order valence-electron chi connectivity index (χ2n) is 5.74. The minimum atomic E-state index is -3.57. The first kappa shape index (κ1) is 15.8. The van der Waals surface area contributed by atoms with Crippen molar-refractivity contribution in [3.05, 3.63) is 47.8 Å². The molecule has 3 rings (SSSR count). The molecular formula is C16H19N3O3S. The summed E-state index contributed by atoms with van der Waals surface area (Å²) in [5.41, 5.74) is 2.37. The molecule has 0 spiro atoms. The lowest BCUT2D eigenvalue weighted by Crippen LogP contribution is -2.36. The van der Waals surface area contributed by atoms with E-state index in [9.17, 15) is 13.2 Å². The molecule has 2 aromatic rings. The number of hydrogen-bond acceptors (Lipinski definition) is 3. The van der Waals surface area contributed by atoms with Crippen LogP contribution in [-0.4, -0.2) is 32.0 Å². The third kappa shape index (κ3) is 2.55. The Morgan fingerprint density at radius 3 is 2.70 bits per heavy atom. The number of nitrogens with zero attached hydrogens (tertiary/aromatic N) is 2. The minimum Gasteiger partial charge on any atom is -0.345 e. The van der Waals surface area contributed by atoms with Crippen LogP contribution in [0.3, 0.4) is 0 Å². The number of nitrogens with one attached hydrogen (secondary N) is 1. The maximum atomic E-state index is 13.0. The van der Waals surface area contributed by atoms with Gasteiger partial charge in [0, 0.05) is 25.0 Å². The molecule has 7 heteroatoms. The number of hydrogen-bond donors (Lipinski definition) is 1. The van der Waals surface area contributed by atoms with Gasteiger partial charge in [0.25, 0.3) is 5.91 Å². The number of fused-ring (bicyclic) bond motifs is 1. The Morgan fingerprint density at radius 1 is 1.30 bits per heavy atom. The van der Waals surface area contributed by atoms with Crippen molar-refractivity contribution in [1.82, 2.24) is 9.29 Å². The van der Waals surface area contributed by atoms with Crippen molar-refractivity contribution >= 4 is 21.6 Å². The molecule has 1 aliphatic rings. The molecule has 1 amide bonds. The fourth-order valence-corrected chi connectivity index (χ4v) is 3.81. The van der Waals surface area contributed by atoms with Crippen LogP contribution >= 0.6 is 0 Å². The van der Waals surface area contributed by atoms with Crippen molar-refractivity contribution in [3.63, 3.8) is 0 Å². The lowest BCUT2D eigenvalue weighted by molar-refractivity contribution is 0.0973. The van der Waals surface area contributed by atoms with Crippen LogP contribution < -0.4 is 9.62 Å². The molecule has 2 heterocycles. The predicted octanol–water partition coefficient (Wildman–Crippen LogP) is 1.52. The van der Waals surface area contributed by atoms with E-state index in [1.54, 1.807) is 16.5 Å². The Bertz CT molecular complexity index is 870. The van der Waals surface area contributed by atoms with E-state index in [1.807, 2.05) is 31.2 Å².